The molecule has 0 aliphatic carbocycles. The van der Waals surface area contributed by atoms with Crippen molar-refractivity contribution in [3.05, 3.63) is 0 Å². The van der Waals surface area contributed by atoms with Gasteiger partial charge in [-0.05, 0) is 37.8 Å². The van der Waals surface area contributed by atoms with Crippen LogP contribution in [0.5, 0.6) is 0 Å². The van der Waals surface area contributed by atoms with Crippen LogP contribution < -0.4 is 11.1 Å². The van der Waals surface area contributed by atoms with Gasteiger partial charge in [0.2, 0.25) is 5.91 Å². The fourth-order valence-corrected chi connectivity index (χ4v) is 1.94. The maximum Gasteiger partial charge on any atom is 0.234 e. The number of hydrogen-bond donors (Lipinski definition) is 2. The van der Waals surface area contributed by atoms with Gasteiger partial charge in [-0.3, -0.25) is 4.79 Å². The molecule has 0 bridgehead atoms. The number of thioether (sulfide) groups is 1. The van der Waals surface area contributed by atoms with Crippen LogP contribution in [0, 0.1) is 0 Å². The number of carbonyl (C=O) groups is 1. The number of rotatable bonds is 10. The number of nitrogens with two attached hydrogens (primary N) is 1. The third-order valence-electron chi connectivity index (χ3n) is 2.42. The first-order valence-electron chi connectivity index (χ1n) is 5.74. The van der Waals surface area contributed by atoms with Crippen molar-refractivity contribution in [2.24, 2.45) is 5.73 Å². The Morgan fingerprint density at radius 2 is 2.00 bits per heavy atom. The first-order chi connectivity index (χ1) is 7.22. The summed E-state index contributed by atoms with van der Waals surface area (Å²) in [5, 5.41) is 3.18. The van der Waals surface area contributed by atoms with Crippen LogP contribution in [0.2, 0.25) is 0 Å². The molecular weight excluding hydrogens is 208 g/mol. The number of unbranched alkanes of at least 4 members (excludes halogenated alkanes) is 3. The Labute approximate surface area is 97.6 Å². The summed E-state index contributed by atoms with van der Waals surface area (Å²) in [6.07, 6.45) is 7.88. The third kappa shape index (κ3) is 8.75. The van der Waals surface area contributed by atoms with Gasteiger partial charge < -0.3 is 11.1 Å². The molecule has 0 fully saturated rings. The Morgan fingerprint density at radius 1 is 1.33 bits per heavy atom. The summed E-state index contributed by atoms with van der Waals surface area (Å²) in [5.41, 5.74) is 5.22. The average Bonchev–Trinajstić information content (AvgIpc) is 2.21. The van der Waals surface area contributed by atoms with E-state index in [9.17, 15) is 4.79 Å². The Balaban J connectivity index is 3.25. The second-order valence-electron chi connectivity index (χ2n) is 3.72. The highest BCUT2D eigenvalue weighted by atomic mass is 32.2. The van der Waals surface area contributed by atoms with E-state index in [1.165, 1.54) is 25.0 Å². The highest BCUT2D eigenvalue weighted by Crippen LogP contribution is 2.04. The molecule has 15 heavy (non-hydrogen) atoms. The van der Waals surface area contributed by atoms with Gasteiger partial charge in [0.05, 0.1) is 6.04 Å². The molecule has 0 saturated heterocycles. The Hall–Kier alpha value is -0.220. The van der Waals surface area contributed by atoms with Gasteiger partial charge in [0.25, 0.3) is 0 Å². The average molecular weight is 232 g/mol. The monoisotopic (exact) mass is 232 g/mol. The van der Waals surface area contributed by atoms with E-state index in [0.29, 0.717) is 0 Å². The van der Waals surface area contributed by atoms with Crippen LogP contribution in [0.4, 0.5) is 0 Å². The smallest absolute Gasteiger partial charge is 0.234 e. The van der Waals surface area contributed by atoms with Crippen molar-refractivity contribution in [3.63, 3.8) is 0 Å². The van der Waals surface area contributed by atoms with Crippen LogP contribution in [0.3, 0.4) is 0 Å². The molecule has 0 aromatic heterocycles. The van der Waals surface area contributed by atoms with Gasteiger partial charge in [0.15, 0.2) is 0 Å². The second kappa shape index (κ2) is 10.3. The molecule has 0 radical (unpaired) electrons. The predicted octanol–water partition coefficient (Wildman–Crippen LogP) is 1.76. The van der Waals surface area contributed by atoms with Crippen LogP contribution >= 0.6 is 11.8 Å². The van der Waals surface area contributed by atoms with E-state index in [0.717, 1.165) is 19.4 Å². The second-order valence-corrected chi connectivity index (χ2v) is 4.71. The van der Waals surface area contributed by atoms with Crippen LogP contribution in [-0.2, 0) is 4.79 Å². The van der Waals surface area contributed by atoms with Gasteiger partial charge in [0.1, 0.15) is 0 Å². The minimum atomic E-state index is -0.236. The molecular formula is C11H24N2OS. The van der Waals surface area contributed by atoms with Gasteiger partial charge in [-0.1, -0.05) is 19.8 Å². The fraction of sp³-hybridized carbons (Fsp3) is 0.909. The van der Waals surface area contributed by atoms with Crippen LogP contribution in [0.1, 0.15) is 39.0 Å². The lowest BCUT2D eigenvalue weighted by Crippen LogP contribution is -2.41. The maximum atomic E-state index is 10.9. The lowest BCUT2D eigenvalue weighted by atomic mass is 10.2. The fourth-order valence-electron chi connectivity index (χ4n) is 1.45. The van der Waals surface area contributed by atoms with Crippen LogP contribution in [-0.4, -0.2) is 30.5 Å². The first-order valence-corrected chi connectivity index (χ1v) is 7.13. The lowest BCUT2D eigenvalue weighted by Gasteiger charge is -2.12. The van der Waals surface area contributed by atoms with Crippen molar-refractivity contribution < 1.29 is 4.79 Å². The highest BCUT2D eigenvalue weighted by Gasteiger charge is 2.10. The summed E-state index contributed by atoms with van der Waals surface area (Å²) in [7, 11) is 0. The zero-order valence-electron chi connectivity index (χ0n) is 9.92. The molecule has 0 spiro atoms. The molecule has 3 N–H and O–H groups in total. The molecule has 0 aliphatic rings. The zero-order valence-corrected chi connectivity index (χ0v) is 10.7. The molecule has 0 heterocycles. The minimum Gasteiger partial charge on any atom is -0.368 e. The number of amides is 1. The highest BCUT2D eigenvalue weighted by molar-refractivity contribution is 7.98. The van der Waals surface area contributed by atoms with E-state index in [2.05, 4.69) is 11.6 Å². The quantitative estimate of drug-likeness (QED) is 0.564. The number of nitrogens with one attached hydrogen (secondary N) is 1. The molecule has 3 nitrogen and oxygen atoms in total. The van der Waals surface area contributed by atoms with Crippen molar-refractivity contribution in [3.8, 4) is 0 Å². The van der Waals surface area contributed by atoms with E-state index >= 15 is 0 Å². The Bertz CT molecular complexity index is 165. The third-order valence-corrected chi connectivity index (χ3v) is 3.11. The normalized spacial score (nSPS) is 12.7. The van der Waals surface area contributed by atoms with Crippen LogP contribution in [0.15, 0.2) is 0 Å². The van der Waals surface area contributed by atoms with E-state index in [4.69, 9.17) is 5.73 Å². The summed E-state index contributed by atoms with van der Waals surface area (Å²) in [5.74, 6) is 1.02. The van der Waals surface area contributed by atoms with Gasteiger partial charge in [-0.15, -0.1) is 0 Å². The van der Waals surface area contributed by atoms with E-state index < -0.39 is 0 Å². The van der Waals surface area contributed by atoms with Gasteiger partial charge in [0, 0.05) is 0 Å². The summed E-state index contributed by atoms with van der Waals surface area (Å²) >= 11 is 1.90. The molecule has 1 atom stereocenters. The molecule has 0 saturated carbocycles. The topological polar surface area (TPSA) is 55.1 Å². The SMILES string of the molecule is CCC(NCCCCCCSC)C(N)=O. The molecule has 0 rings (SSSR count). The Kier molecular flexibility index (Phi) is 10.2. The van der Waals surface area contributed by atoms with Gasteiger partial charge in [-0.2, -0.15) is 11.8 Å². The first kappa shape index (κ1) is 14.8. The van der Waals surface area contributed by atoms with Crippen molar-refractivity contribution >= 4 is 17.7 Å². The van der Waals surface area contributed by atoms with Crippen molar-refractivity contribution in [1.82, 2.24) is 5.32 Å². The van der Waals surface area contributed by atoms with Crippen LogP contribution in [0.25, 0.3) is 0 Å². The summed E-state index contributed by atoms with van der Waals surface area (Å²) in [4.78, 5) is 10.9. The molecule has 0 aromatic carbocycles. The molecule has 1 amide bonds. The van der Waals surface area contributed by atoms with Crippen molar-refractivity contribution in [1.29, 1.82) is 0 Å². The lowest BCUT2D eigenvalue weighted by molar-refractivity contribution is -0.120. The standard InChI is InChI=1S/C11H24N2OS/c1-3-10(11(12)14)13-8-6-4-5-7-9-15-2/h10,13H,3-9H2,1-2H3,(H2,12,14). The molecule has 4 heteroatoms. The van der Waals surface area contributed by atoms with Gasteiger partial charge in [-0.25, -0.2) is 0 Å². The van der Waals surface area contributed by atoms with Gasteiger partial charge >= 0.3 is 0 Å². The molecule has 0 aliphatic heterocycles. The number of primary amides is 1. The summed E-state index contributed by atoms with van der Waals surface area (Å²) < 4.78 is 0. The summed E-state index contributed by atoms with van der Waals surface area (Å²) in [6, 6.07) is -0.142. The van der Waals surface area contributed by atoms with E-state index in [1.54, 1.807) is 0 Å². The van der Waals surface area contributed by atoms with Crippen molar-refractivity contribution in [2.75, 3.05) is 18.6 Å². The molecule has 90 valence electrons. The number of carbonyl (C=O) groups excluding carboxylic acids is 1. The Morgan fingerprint density at radius 3 is 2.53 bits per heavy atom. The molecule has 0 aromatic rings. The predicted molar refractivity (Wildman–Crippen MR) is 68.1 cm³/mol. The van der Waals surface area contributed by atoms with E-state index in [-0.39, 0.29) is 11.9 Å². The molecule has 1 unspecified atom stereocenters. The largest absolute Gasteiger partial charge is 0.368 e. The van der Waals surface area contributed by atoms with Crippen molar-refractivity contribution in [2.45, 2.75) is 45.1 Å². The maximum absolute atomic E-state index is 10.9. The number of hydrogen-bond acceptors (Lipinski definition) is 3. The zero-order chi connectivity index (χ0) is 11.5. The summed E-state index contributed by atoms with van der Waals surface area (Å²) in [6.45, 7) is 2.88. The van der Waals surface area contributed by atoms with E-state index in [1.807, 2.05) is 18.7 Å². The minimum absolute atomic E-state index is 0.142.